The van der Waals surface area contributed by atoms with Crippen LogP contribution in [0.5, 0.6) is 0 Å². The molecule has 0 aliphatic rings. The van der Waals surface area contributed by atoms with E-state index in [1.54, 1.807) is 18.5 Å². The number of carbonyl (C=O) groups is 1. The summed E-state index contributed by atoms with van der Waals surface area (Å²) in [6, 6.07) is 6.65. The fraction of sp³-hybridized carbons (Fsp3) is 0.0769. The third-order valence-electron chi connectivity index (χ3n) is 2.47. The summed E-state index contributed by atoms with van der Waals surface area (Å²) < 4.78 is 0. The van der Waals surface area contributed by atoms with Gasteiger partial charge in [0.25, 0.3) is 5.91 Å². The molecular formula is C13H11Cl2N3O. The Morgan fingerprint density at radius 1 is 1.37 bits per heavy atom. The van der Waals surface area contributed by atoms with E-state index < -0.39 is 0 Å². The number of aromatic nitrogens is 1. The lowest BCUT2D eigenvalue weighted by molar-refractivity contribution is 0.0951. The average molecular weight is 296 g/mol. The van der Waals surface area contributed by atoms with Crippen LogP contribution in [-0.4, -0.2) is 10.9 Å². The minimum absolute atomic E-state index is 0.194. The van der Waals surface area contributed by atoms with E-state index in [0.29, 0.717) is 12.2 Å². The highest BCUT2D eigenvalue weighted by molar-refractivity contribution is 6.44. The molecule has 3 N–H and O–H groups in total. The third-order valence-corrected chi connectivity index (χ3v) is 3.27. The summed E-state index contributed by atoms with van der Waals surface area (Å²) in [7, 11) is 0. The van der Waals surface area contributed by atoms with E-state index in [1.165, 1.54) is 12.1 Å². The molecule has 1 aromatic carbocycles. The zero-order valence-corrected chi connectivity index (χ0v) is 11.4. The number of nitrogen functional groups attached to an aromatic ring is 1. The van der Waals surface area contributed by atoms with Crippen molar-refractivity contribution in [2.45, 2.75) is 6.54 Å². The second kappa shape index (κ2) is 5.91. The van der Waals surface area contributed by atoms with E-state index in [9.17, 15) is 4.79 Å². The number of halogens is 2. The smallest absolute Gasteiger partial charge is 0.253 e. The highest BCUT2D eigenvalue weighted by Crippen LogP contribution is 2.28. The van der Waals surface area contributed by atoms with Gasteiger partial charge in [-0.05, 0) is 23.8 Å². The Morgan fingerprint density at radius 3 is 2.84 bits per heavy atom. The van der Waals surface area contributed by atoms with Gasteiger partial charge in [-0.1, -0.05) is 29.3 Å². The molecule has 0 atom stereocenters. The number of nitrogens with one attached hydrogen (secondary N) is 1. The van der Waals surface area contributed by atoms with Crippen molar-refractivity contribution in [2.75, 3.05) is 5.73 Å². The lowest BCUT2D eigenvalue weighted by Crippen LogP contribution is -2.23. The molecule has 4 nitrogen and oxygen atoms in total. The summed E-state index contributed by atoms with van der Waals surface area (Å²) >= 11 is 11.9. The van der Waals surface area contributed by atoms with E-state index >= 15 is 0 Å². The molecule has 1 heterocycles. The van der Waals surface area contributed by atoms with Gasteiger partial charge in [-0.3, -0.25) is 9.78 Å². The van der Waals surface area contributed by atoms with E-state index in [2.05, 4.69) is 10.3 Å². The summed E-state index contributed by atoms with van der Waals surface area (Å²) in [6.07, 6.45) is 3.34. The summed E-state index contributed by atoms with van der Waals surface area (Å²) in [5.74, 6) is -0.331. The molecule has 1 amide bonds. The van der Waals surface area contributed by atoms with Gasteiger partial charge >= 0.3 is 0 Å². The van der Waals surface area contributed by atoms with Crippen LogP contribution in [0.1, 0.15) is 15.9 Å². The van der Waals surface area contributed by atoms with Crippen molar-refractivity contribution >= 4 is 34.8 Å². The molecule has 0 aliphatic carbocycles. The topological polar surface area (TPSA) is 68.0 Å². The molecule has 0 bridgehead atoms. The number of rotatable bonds is 3. The predicted octanol–water partition coefficient (Wildman–Crippen LogP) is 2.90. The van der Waals surface area contributed by atoms with E-state index in [0.717, 1.165) is 5.56 Å². The van der Waals surface area contributed by atoms with E-state index in [4.69, 9.17) is 28.9 Å². The van der Waals surface area contributed by atoms with E-state index in [-0.39, 0.29) is 21.5 Å². The van der Waals surface area contributed by atoms with Crippen molar-refractivity contribution in [1.82, 2.24) is 10.3 Å². The van der Waals surface area contributed by atoms with Crippen molar-refractivity contribution in [3.63, 3.8) is 0 Å². The molecule has 98 valence electrons. The minimum Gasteiger partial charge on any atom is -0.399 e. The molecule has 0 saturated heterocycles. The summed E-state index contributed by atoms with van der Waals surface area (Å²) in [6.45, 7) is 0.357. The maximum absolute atomic E-state index is 12.0. The first-order valence-electron chi connectivity index (χ1n) is 5.49. The van der Waals surface area contributed by atoms with Crippen LogP contribution in [0, 0.1) is 0 Å². The number of amides is 1. The Morgan fingerprint density at radius 2 is 2.16 bits per heavy atom. The largest absolute Gasteiger partial charge is 0.399 e. The first-order chi connectivity index (χ1) is 9.08. The van der Waals surface area contributed by atoms with Gasteiger partial charge in [0, 0.05) is 24.6 Å². The van der Waals surface area contributed by atoms with Gasteiger partial charge in [-0.2, -0.15) is 0 Å². The van der Waals surface area contributed by atoms with Crippen molar-refractivity contribution < 1.29 is 4.79 Å². The van der Waals surface area contributed by atoms with Gasteiger partial charge in [0.1, 0.15) is 0 Å². The van der Waals surface area contributed by atoms with Crippen LogP contribution >= 0.6 is 23.2 Å². The Kier molecular flexibility index (Phi) is 4.24. The van der Waals surface area contributed by atoms with Gasteiger partial charge in [-0.25, -0.2) is 0 Å². The van der Waals surface area contributed by atoms with E-state index in [1.807, 2.05) is 6.07 Å². The van der Waals surface area contributed by atoms with Gasteiger partial charge in [0.15, 0.2) is 0 Å². The monoisotopic (exact) mass is 295 g/mol. The number of anilines is 1. The summed E-state index contributed by atoms with van der Waals surface area (Å²) in [4.78, 5) is 16.0. The van der Waals surface area contributed by atoms with Crippen LogP contribution in [0.15, 0.2) is 36.7 Å². The SMILES string of the molecule is Nc1cc(Cl)c(Cl)c(C(=O)NCc2cccnc2)c1. The molecule has 0 radical (unpaired) electrons. The maximum Gasteiger partial charge on any atom is 0.253 e. The molecule has 2 aromatic rings. The highest BCUT2D eigenvalue weighted by Gasteiger charge is 2.13. The van der Waals surface area contributed by atoms with Crippen molar-refractivity contribution in [1.29, 1.82) is 0 Å². The molecule has 0 unspecified atom stereocenters. The van der Waals surface area contributed by atoms with Crippen LogP contribution < -0.4 is 11.1 Å². The summed E-state index contributed by atoms with van der Waals surface area (Å²) in [5.41, 5.74) is 7.18. The Balaban J connectivity index is 2.13. The normalized spacial score (nSPS) is 10.2. The Hall–Kier alpha value is -1.78. The van der Waals surface area contributed by atoms with Crippen LogP contribution in [-0.2, 0) is 6.54 Å². The summed E-state index contributed by atoms with van der Waals surface area (Å²) in [5, 5.41) is 3.18. The van der Waals surface area contributed by atoms with Crippen LogP contribution in [0.3, 0.4) is 0 Å². The number of hydrogen-bond donors (Lipinski definition) is 2. The minimum atomic E-state index is -0.331. The van der Waals surface area contributed by atoms with Crippen LogP contribution in [0.4, 0.5) is 5.69 Å². The molecule has 0 fully saturated rings. The standard InChI is InChI=1S/C13H11Cl2N3O/c14-11-5-9(16)4-10(12(11)15)13(19)18-7-8-2-1-3-17-6-8/h1-6H,7,16H2,(H,18,19). The fourth-order valence-electron chi connectivity index (χ4n) is 1.56. The number of hydrogen-bond acceptors (Lipinski definition) is 3. The van der Waals surface area contributed by atoms with Gasteiger partial charge < -0.3 is 11.1 Å². The molecule has 0 spiro atoms. The van der Waals surface area contributed by atoms with Crippen LogP contribution in [0.2, 0.25) is 10.0 Å². The number of pyridine rings is 1. The number of nitrogens with zero attached hydrogens (tertiary/aromatic N) is 1. The van der Waals surface area contributed by atoms with Gasteiger partial charge in [0.2, 0.25) is 0 Å². The van der Waals surface area contributed by atoms with Gasteiger partial charge in [0.05, 0.1) is 15.6 Å². The third kappa shape index (κ3) is 3.36. The number of carbonyl (C=O) groups excluding carboxylic acids is 1. The fourth-order valence-corrected chi connectivity index (χ4v) is 1.98. The van der Waals surface area contributed by atoms with Crippen molar-refractivity contribution in [2.24, 2.45) is 0 Å². The molecule has 0 aliphatic heterocycles. The molecule has 6 heteroatoms. The highest BCUT2D eigenvalue weighted by atomic mass is 35.5. The molecular weight excluding hydrogens is 285 g/mol. The maximum atomic E-state index is 12.0. The average Bonchev–Trinajstić information content (AvgIpc) is 2.41. The zero-order chi connectivity index (χ0) is 13.8. The second-order valence-corrected chi connectivity index (χ2v) is 4.69. The van der Waals surface area contributed by atoms with Crippen LogP contribution in [0.25, 0.3) is 0 Å². The molecule has 0 saturated carbocycles. The molecule has 1 aromatic heterocycles. The first-order valence-corrected chi connectivity index (χ1v) is 6.25. The van der Waals surface area contributed by atoms with Gasteiger partial charge in [-0.15, -0.1) is 0 Å². The molecule has 2 rings (SSSR count). The quantitative estimate of drug-likeness (QED) is 0.856. The second-order valence-electron chi connectivity index (χ2n) is 3.91. The predicted molar refractivity (Wildman–Crippen MR) is 76.3 cm³/mol. The van der Waals surface area contributed by atoms with Crippen molar-refractivity contribution in [3.05, 3.63) is 57.8 Å². The van der Waals surface area contributed by atoms with Crippen molar-refractivity contribution in [3.8, 4) is 0 Å². The molecule has 19 heavy (non-hydrogen) atoms. The lowest BCUT2D eigenvalue weighted by Gasteiger charge is -2.08. The Labute approximate surface area is 120 Å². The lowest BCUT2D eigenvalue weighted by atomic mass is 10.2. The number of benzene rings is 1. The zero-order valence-electron chi connectivity index (χ0n) is 9.86. The number of nitrogens with two attached hydrogens (primary N) is 1. The first kappa shape index (κ1) is 13.6. The Bertz CT molecular complexity index is 602.